The van der Waals surface area contributed by atoms with Gasteiger partial charge >= 0.3 is 0 Å². The Hall–Kier alpha value is -1.29. The lowest BCUT2D eigenvalue weighted by Crippen LogP contribution is -2.01. The molecular formula is C9H11ClN4. The van der Waals surface area contributed by atoms with Gasteiger partial charge in [-0.3, -0.25) is 4.57 Å². The number of anilines is 1. The van der Waals surface area contributed by atoms with Crippen LogP contribution in [-0.2, 0) is 0 Å². The fourth-order valence-electron chi connectivity index (χ4n) is 1.43. The molecule has 2 aromatic heterocycles. The van der Waals surface area contributed by atoms with E-state index < -0.39 is 0 Å². The second kappa shape index (κ2) is 3.13. The van der Waals surface area contributed by atoms with Gasteiger partial charge in [0.05, 0.1) is 11.9 Å². The highest BCUT2D eigenvalue weighted by Gasteiger charge is 2.12. The Morgan fingerprint density at radius 2 is 2.21 bits per heavy atom. The maximum absolute atomic E-state index is 5.99. The number of imidazole rings is 1. The summed E-state index contributed by atoms with van der Waals surface area (Å²) in [6.07, 6.45) is 1.61. The van der Waals surface area contributed by atoms with Gasteiger partial charge in [0.2, 0.25) is 5.28 Å². The monoisotopic (exact) mass is 210 g/mol. The van der Waals surface area contributed by atoms with Crippen molar-refractivity contribution in [3.05, 3.63) is 17.5 Å². The van der Waals surface area contributed by atoms with Crippen molar-refractivity contribution >= 4 is 28.5 Å². The van der Waals surface area contributed by atoms with E-state index in [1.165, 1.54) is 0 Å². The molecule has 0 saturated heterocycles. The summed E-state index contributed by atoms with van der Waals surface area (Å²) < 4.78 is 1.87. The second-order valence-electron chi connectivity index (χ2n) is 3.46. The average molecular weight is 211 g/mol. The third-order valence-electron chi connectivity index (χ3n) is 2.02. The third kappa shape index (κ3) is 1.32. The Morgan fingerprint density at radius 3 is 2.86 bits per heavy atom. The summed E-state index contributed by atoms with van der Waals surface area (Å²) in [6, 6.07) is 2.01. The first kappa shape index (κ1) is 9.27. The van der Waals surface area contributed by atoms with Crippen LogP contribution in [0.4, 0.5) is 5.69 Å². The van der Waals surface area contributed by atoms with Crippen LogP contribution < -0.4 is 5.73 Å². The van der Waals surface area contributed by atoms with Crippen LogP contribution in [-0.4, -0.2) is 14.5 Å². The zero-order valence-electron chi connectivity index (χ0n) is 8.03. The highest BCUT2D eigenvalue weighted by Crippen LogP contribution is 2.23. The SMILES string of the molecule is CC(C)n1c(Cl)nc2cc(N)cnc21. The molecule has 14 heavy (non-hydrogen) atoms. The van der Waals surface area contributed by atoms with E-state index in [-0.39, 0.29) is 6.04 Å². The quantitative estimate of drug-likeness (QED) is 0.786. The van der Waals surface area contributed by atoms with Crippen LogP contribution in [0.25, 0.3) is 11.2 Å². The van der Waals surface area contributed by atoms with Crippen molar-refractivity contribution in [3.8, 4) is 0 Å². The number of rotatable bonds is 1. The molecule has 0 aliphatic rings. The van der Waals surface area contributed by atoms with Gasteiger partial charge in [0, 0.05) is 6.04 Å². The van der Waals surface area contributed by atoms with Crippen molar-refractivity contribution in [2.45, 2.75) is 19.9 Å². The van der Waals surface area contributed by atoms with Crippen LogP contribution in [0.1, 0.15) is 19.9 Å². The Kier molecular flexibility index (Phi) is 2.07. The van der Waals surface area contributed by atoms with Gasteiger partial charge in [0.25, 0.3) is 0 Å². The summed E-state index contributed by atoms with van der Waals surface area (Å²) in [6.45, 7) is 4.07. The van der Waals surface area contributed by atoms with E-state index in [0.717, 1.165) is 11.2 Å². The molecule has 0 unspecified atom stereocenters. The Labute approximate surface area is 86.7 Å². The van der Waals surface area contributed by atoms with Gasteiger partial charge in [0.1, 0.15) is 5.52 Å². The molecule has 0 spiro atoms. The number of nitrogens with two attached hydrogens (primary N) is 1. The van der Waals surface area contributed by atoms with E-state index in [4.69, 9.17) is 17.3 Å². The molecule has 74 valence electrons. The molecule has 0 aliphatic carbocycles. The van der Waals surface area contributed by atoms with Crippen molar-refractivity contribution in [1.82, 2.24) is 14.5 Å². The van der Waals surface area contributed by atoms with E-state index >= 15 is 0 Å². The number of aromatic nitrogens is 3. The standard InChI is InChI=1S/C9H11ClN4/c1-5(2)14-8-7(13-9(14)10)3-6(11)4-12-8/h3-5H,11H2,1-2H3. The van der Waals surface area contributed by atoms with Crippen molar-refractivity contribution in [2.24, 2.45) is 0 Å². The molecule has 5 heteroatoms. The van der Waals surface area contributed by atoms with Crippen LogP contribution in [0.15, 0.2) is 12.3 Å². The lowest BCUT2D eigenvalue weighted by molar-refractivity contribution is 0.614. The average Bonchev–Trinajstić information content (AvgIpc) is 2.39. The molecule has 0 radical (unpaired) electrons. The van der Waals surface area contributed by atoms with E-state index in [0.29, 0.717) is 11.0 Å². The molecule has 0 saturated carbocycles. The number of hydrogen-bond acceptors (Lipinski definition) is 3. The molecular weight excluding hydrogens is 200 g/mol. The largest absolute Gasteiger partial charge is 0.397 e. The topological polar surface area (TPSA) is 56.7 Å². The first-order valence-electron chi connectivity index (χ1n) is 4.38. The zero-order valence-corrected chi connectivity index (χ0v) is 8.78. The number of pyridine rings is 1. The van der Waals surface area contributed by atoms with Gasteiger partial charge < -0.3 is 5.73 Å². The van der Waals surface area contributed by atoms with Gasteiger partial charge in [-0.1, -0.05) is 0 Å². The molecule has 0 aliphatic heterocycles. The molecule has 0 atom stereocenters. The predicted molar refractivity (Wildman–Crippen MR) is 57.3 cm³/mol. The minimum Gasteiger partial charge on any atom is -0.397 e. The molecule has 2 N–H and O–H groups in total. The number of nitrogens with zero attached hydrogens (tertiary/aromatic N) is 3. The first-order chi connectivity index (χ1) is 6.59. The van der Waals surface area contributed by atoms with E-state index in [1.54, 1.807) is 12.3 Å². The Morgan fingerprint density at radius 1 is 1.50 bits per heavy atom. The summed E-state index contributed by atoms with van der Waals surface area (Å²) in [5.74, 6) is 0. The minimum atomic E-state index is 0.239. The number of nitrogen functional groups attached to an aromatic ring is 1. The van der Waals surface area contributed by atoms with Crippen LogP contribution in [0, 0.1) is 0 Å². The zero-order chi connectivity index (χ0) is 10.3. The van der Waals surface area contributed by atoms with Crippen molar-refractivity contribution < 1.29 is 0 Å². The Bertz CT molecular complexity index is 475. The fraction of sp³-hybridized carbons (Fsp3) is 0.333. The highest BCUT2D eigenvalue weighted by atomic mass is 35.5. The highest BCUT2D eigenvalue weighted by molar-refractivity contribution is 6.29. The lowest BCUT2D eigenvalue weighted by Gasteiger charge is -2.08. The maximum atomic E-state index is 5.99. The molecule has 2 heterocycles. The van der Waals surface area contributed by atoms with Gasteiger partial charge in [-0.15, -0.1) is 0 Å². The summed E-state index contributed by atoms with van der Waals surface area (Å²) >= 11 is 5.99. The molecule has 0 fully saturated rings. The van der Waals surface area contributed by atoms with Crippen LogP contribution in [0.2, 0.25) is 5.28 Å². The van der Waals surface area contributed by atoms with Crippen molar-refractivity contribution in [3.63, 3.8) is 0 Å². The smallest absolute Gasteiger partial charge is 0.205 e. The Balaban J connectivity index is 2.77. The van der Waals surface area contributed by atoms with Crippen LogP contribution in [0.3, 0.4) is 0 Å². The molecule has 2 rings (SSSR count). The fourth-order valence-corrected chi connectivity index (χ4v) is 1.79. The molecule has 2 aromatic rings. The summed E-state index contributed by atoms with van der Waals surface area (Å²) in [4.78, 5) is 8.39. The van der Waals surface area contributed by atoms with Crippen molar-refractivity contribution in [1.29, 1.82) is 0 Å². The van der Waals surface area contributed by atoms with Crippen LogP contribution >= 0.6 is 11.6 Å². The van der Waals surface area contributed by atoms with E-state index in [9.17, 15) is 0 Å². The summed E-state index contributed by atoms with van der Waals surface area (Å²) in [5.41, 5.74) is 7.72. The minimum absolute atomic E-state index is 0.239. The van der Waals surface area contributed by atoms with Gasteiger partial charge in [-0.05, 0) is 31.5 Å². The predicted octanol–water partition coefficient (Wildman–Crippen LogP) is 2.25. The van der Waals surface area contributed by atoms with Crippen molar-refractivity contribution in [2.75, 3.05) is 5.73 Å². The molecule has 0 bridgehead atoms. The third-order valence-corrected chi connectivity index (χ3v) is 2.29. The number of hydrogen-bond donors (Lipinski definition) is 1. The number of fused-ring (bicyclic) bond motifs is 1. The van der Waals surface area contributed by atoms with Gasteiger partial charge in [-0.2, -0.15) is 0 Å². The summed E-state index contributed by atoms with van der Waals surface area (Å²) in [7, 11) is 0. The number of halogens is 1. The molecule has 0 amide bonds. The normalized spacial score (nSPS) is 11.4. The summed E-state index contributed by atoms with van der Waals surface area (Å²) in [5, 5.41) is 0.452. The van der Waals surface area contributed by atoms with E-state index in [1.807, 2.05) is 18.4 Å². The van der Waals surface area contributed by atoms with E-state index in [2.05, 4.69) is 9.97 Å². The molecule has 4 nitrogen and oxygen atoms in total. The second-order valence-corrected chi connectivity index (χ2v) is 3.79. The van der Waals surface area contributed by atoms with Crippen LogP contribution in [0.5, 0.6) is 0 Å². The lowest BCUT2D eigenvalue weighted by atomic mass is 10.3. The first-order valence-corrected chi connectivity index (χ1v) is 4.76. The van der Waals surface area contributed by atoms with Gasteiger partial charge in [-0.25, -0.2) is 9.97 Å². The van der Waals surface area contributed by atoms with Gasteiger partial charge in [0.15, 0.2) is 5.65 Å². The molecule has 0 aromatic carbocycles. The maximum Gasteiger partial charge on any atom is 0.205 e.